The van der Waals surface area contributed by atoms with E-state index in [2.05, 4.69) is 12.2 Å². The zero-order valence-electron chi connectivity index (χ0n) is 19.4. The number of nitrogens with one attached hydrogen (secondary N) is 1. The number of unbranched alkanes of at least 4 members (excludes halogenated alkanes) is 9. The molecule has 1 unspecified atom stereocenters. The molecular weight excluding hydrogens is 400 g/mol. The number of halogens is 2. The smallest absolute Gasteiger partial charge is 0.328 e. The highest BCUT2D eigenvalue weighted by atomic mass is 19.1. The molecule has 1 N–H and O–H groups in total. The van der Waals surface area contributed by atoms with Crippen molar-refractivity contribution in [3.8, 4) is 0 Å². The second kappa shape index (κ2) is 15.8. The van der Waals surface area contributed by atoms with Gasteiger partial charge in [-0.25, -0.2) is 13.6 Å². The Labute approximate surface area is 186 Å². The summed E-state index contributed by atoms with van der Waals surface area (Å²) in [4.78, 5) is 24.8. The number of rotatable bonds is 16. The number of hydrogen-bond acceptors (Lipinski definition) is 3. The molecule has 0 aliphatic rings. The summed E-state index contributed by atoms with van der Waals surface area (Å²) in [6.45, 7) is 6.30. The lowest BCUT2D eigenvalue weighted by molar-refractivity contribution is -0.146. The highest BCUT2D eigenvalue weighted by Gasteiger charge is 2.26. The first-order valence-electron chi connectivity index (χ1n) is 11.8. The Morgan fingerprint density at radius 2 is 1.42 bits per heavy atom. The normalized spacial score (nSPS) is 12.1. The Hall–Kier alpha value is -1.98. The van der Waals surface area contributed by atoms with Crippen molar-refractivity contribution < 1.29 is 23.1 Å². The highest BCUT2D eigenvalue weighted by molar-refractivity contribution is 5.97. The van der Waals surface area contributed by atoms with Crippen LogP contribution in [0.3, 0.4) is 0 Å². The number of hydrogen-bond donors (Lipinski definition) is 1. The van der Waals surface area contributed by atoms with Crippen LogP contribution >= 0.6 is 0 Å². The molecule has 4 nitrogen and oxygen atoms in total. The van der Waals surface area contributed by atoms with Gasteiger partial charge in [0.05, 0.1) is 6.61 Å². The van der Waals surface area contributed by atoms with Crippen LogP contribution in [0.15, 0.2) is 18.2 Å². The van der Waals surface area contributed by atoms with Gasteiger partial charge in [-0.2, -0.15) is 0 Å². The Kier molecular flexibility index (Phi) is 13.8. The number of esters is 1. The van der Waals surface area contributed by atoms with Crippen molar-refractivity contribution in [3.05, 3.63) is 35.4 Å². The third-order valence-electron chi connectivity index (χ3n) is 5.23. The highest BCUT2D eigenvalue weighted by Crippen LogP contribution is 2.14. The van der Waals surface area contributed by atoms with Crippen molar-refractivity contribution in [1.29, 1.82) is 0 Å². The molecule has 0 saturated heterocycles. The second-order valence-corrected chi connectivity index (χ2v) is 8.60. The maximum Gasteiger partial charge on any atom is 0.328 e. The van der Waals surface area contributed by atoms with Crippen LogP contribution in [-0.4, -0.2) is 24.5 Å². The standard InChI is InChI=1S/C25H39F2NO3/c1-4-5-6-7-8-9-10-11-12-13-17-31-25(30)22(18-19(2)3)28-24(29)23-20(26)15-14-16-21(23)27/h14-16,19,22H,4-13,17-18H2,1-3H3,(H,28,29). The summed E-state index contributed by atoms with van der Waals surface area (Å²) in [6, 6.07) is 2.28. The van der Waals surface area contributed by atoms with Gasteiger partial charge in [-0.3, -0.25) is 4.79 Å². The molecule has 1 amide bonds. The summed E-state index contributed by atoms with van der Waals surface area (Å²) >= 11 is 0. The molecule has 0 aromatic heterocycles. The third kappa shape index (κ3) is 11.3. The van der Waals surface area contributed by atoms with Gasteiger partial charge in [0.1, 0.15) is 23.2 Å². The van der Waals surface area contributed by atoms with Gasteiger partial charge < -0.3 is 10.1 Å². The minimum absolute atomic E-state index is 0.0978. The molecule has 0 heterocycles. The van der Waals surface area contributed by atoms with E-state index in [0.29, 0.717) is 6.42 Å². The molecule has 0 aliphatic heterocycles. The van der Waals surface area contributed by atoms with E-state index in [1.807, 2.05) is 13.8 Å². The molecule has 0 aliphatic carbocycles. The number of carbonyl (C=O) groups is 2. The van der Waals surface area contributed by atoms with Crippen molar-refractivity contribution in [3.63, 3.8) is 0 Å². The number of ether oxygens (including phenoxy) is 1. The fourth-order valence-corrected chi connectivity index (χ4v) is 3.49. The predicted octanol–water partition coefficient (Wildman–Crippen LogP) is 6.57. The Morgan fingerprint density at radius 1 is 0.903 bits per heavy atom. The summed E-state index contributed by atoms with van der Waals surface area (Å²) in [5.74, 6) is -3.33. The third-order valence-corrected chi connectivity index (χ3v) is 5.23. The monoisotopic (exact) mass is 439 g/mol. The minimum Gasteiger partial charge on any atom is -0.464 e. The van der Waals surface area contributed by atoms with E-state index >= 15 is 0 Å². The average molecular weight is 440 g/mol. The minimum atomic E-state index is -0.959. The molecule has 0 radical (unpaired) electrons. The summed E-state index contributed by atoms with van der Waals surface area (Å²) in [5.41, 5.74) is -0.682. The number of benzene rings is 1. The van der Waals surface area contributed by atoms with Crippen molar-refractivity contribution in [1.82, 2.24) is 5.32 Å². The van der Waals surface area contributed by atoms with E-state index in [9.17, 15) is 18.4 Å². The first-order valence-corrected chi connectivity index (χ1v) is 11.8. The lowest BCUT2D eigenvalue weighted by Gasteiger charge is -2.19. The van der Waals surface area contributed by atoms with E-state index in [4.69, 9.17) is 4.74 Å². The molecular formula is C25H39F2NO3. The predicted molar refractivity (Wildman–Crippen MR) is 120 cm³/mol. The lowest BCUT2D eigenvalue weighted by Crippen LogP contribution is -2.43. The van der Waals surface area contributed by atoms with Crippen LogP contribution in [0.4, 0.5) is 8.78 Å². The number of carbonyl (C=O) groups excluding carboxylic acids is 2. The first kappa shape index (κ1) is 27.1. The van der Waals surface area contributed by atoms with Gasteiger partial charge in [0.15, 0.2) is 0 Å². The zero-order chi connectivity index (χ0) is 23.1. The Balaban J connectivity index is 2.36. The summed E-state index contributed by atoms with van der Waals surface area (Å²) in [6.07, 6.45) is 12.2. The van der Waals surface area contributed by atoms with Gasteiger partial charge in [0.25, 0.3) is 5.91 Å². The Bertz CT molecular complexity index is 644. The van der Waals surface area contributed by atoms with Crippen LogP contribution in [0.2, 0.25) is 0 Å². The summed E-state index contributed by atoms with van der Waals surface area (Å²) < 4.78 is 33.0. The molecule has 1 atom stereocenters. The largest absolute Gasteiger partial charge is 0.464 e. The molecule has 0 bridgehead atoms. The molecule has 6 heteroatoms. The molecule has 0 saturated carbocycles. The van der Waals surface area contributed by atoms with Gasteiger partial charge >= 0.3 is 5.97 Å². The molecule has 1 aromatic carbocycles. The van der Waals surface area contributed by atoms with Crippen molar-refractivity contribution in [2.24, 2.45) is 5.92 Å². The van der Waals surface area contributed by atoms with Crippen molar-refractivity contribution in [2.75, 3.05) is 6.61 Å². The topological polar surface area (TPSA) is 55.4 Å². The number of amides is 1. The molecule has 176 valence electrons. The summed E-state index contributed by atoms with van der Waals surface area (Å²) in [5, 5.41) is 2.44. The van der Waals surface area contributed by atoms with Crippen LogP contribution in [0.1, 0.15) is 102 Å². The lowest BCUT2D eigenvalue weighted by atomic mass is 10.0. The van der Waals surface area contributed by atoms with E-state index in [-0.39, 0.29) is 12.5 Å². The average Bonchev–Trinajstić information content (AvgIpc) is 2.71. The van der Waals surface area contributed by atoms with Crippen LogP contribution < -0.4 is 5.32 Å². The van der Waals surface area contributed by atoms with Crippen LogP contribution in [0.25, 0.3) is 0 Å². The van der Waals surface area contributed by atoms with Gasteiger partial charge in [-0.1, -0.05) is 84.6 Å². The second-order valence-electron chi connectivity index (χ2n) is 8.60. The van der Waals surface area contributed by atoms with Crippen LogP contribution in [0.5, 0.6) is 0 Å². The van der Waals surface area contributed by atoms with Gasteiger partial charge in [0.2, 0.25) is 0 Å². The maximum atomic E-state index is 13.9. The van der Waals surface area contributed by atoms with Crippen LogP contribution in [-0.2, 0) is 9.53 Å². The van der Waals surface area contributed by atoms with E-state index in [0.717, 1.165) is 31.4 Å². The molecule has 31 heavy (non-hydrogen) atoms. The molecule has 0 spiro atoms. The first-order chi connectivity index (χ1) is 14.9. The van der Waals surface area contributed by atoms with Crippen molar-refractivity contribution in [2.45, 2.75) is 97.4 Å². The quantitative estimate of drug-likeness (QED) is 0.234. The van der Waals surface area contributed by atoms with Crippen molar-refractivity contribution >= 4 is 11.9 Å². The van der Waals surface area contributed by atoms with E-state index in [1.165, 1.54) is 51.0 Å². The van der Waals surface area contributed by atoms with E-state index < -0.39 is 35.1 Å². The van der Waals surface area contributed by atoms with Crippen LogP contribution in [0, 0.1) is 17.6 Å². The maximum absolute atomic E-state index is 13.9. The molecule has 1 rings (SSSR count). The zero-order valence-corrected chi connectivity index (χ0v) is 19.4. The fraction of sp³-hybridized carbons (Fsp3) is 0.680. The fourth-order valence-electron chi connectivity index (χ4n) is 3.49. The SMILES string of the molecule is CCCCCCCCCCCCOC(=O)C(CC(C)C)NC(=O)c1c(F)cccc1F. The summed E-state index contributed by atoms with van der Waals surface area (Å²) in [7, 11) is 0. The van der Waals surface area contributed by atoms with Gasteiger partial charge in [0, 0.05) is 0 Å². The van der Waals surface area contributed by atoms with Gasteiger partial charge in [-0.15, -0.1) is 0 Å². The van der Waals surface area contributed by atoms with Gasteiger partial charge in [-0.05, 0) is 30.9 Å². The molecule has 1 aromatic rings. The molecule has 0 fully saturated rings. The Morgan fingerprint density at radius 3 is 1.94 bits per heavy atom. The van der Waals surface area contributed by atoms with E-state index in [1.54, 1.807) is 0 Å².